The van der Waals surface area contributed by atoms with Gasteiger partial charge in [-0.3, -0.25) is 4.98 Å². The minimum absolute atomic E-state index is 0.938. The van der Waals surface area contributed by atoms with Gasteiger partial charge in [-0.05, 0) is 124 Å². The Kier molecular flexibility index (Phi) is 8.18. The Morgan fingerprint density at radius 2 is 0.750 bits per heavy atom. The summed E-state index contributed by atoms with van der Waals surface area (Å²) < 4.78 is 4.73. The van der Waals surface area contributed by atoms with Crippen LogP contribution in [0.2, 0.25) is 0 Å². The largest absolute Gasteiger partial charge is 0.309 e. The fourth-order valence-corrected chi connectivity index (χ4v) is 9.96. The molecule has 0 saturated heterocycles. The highest BCUT2D eigenvalue weighted by atomic mass is 15.0. The van der Waals surface area contributed by atoms with Crippen molar-refractivity contribution in [3.8, 4) is 56.0 Å². The van der Waals surface area contributed by atoms with Crippen molar-refractivity contribution in [3.63, 3.8) is 0 Å². The van der Waals surface area contributed by atoms with Crippen LogP contribution in [-0.2, 0) is 0 Å². The first-order chi connectivity index (χ1) is 31.7. The molecule has 0 atom stereocenters. The molecule has 0 N–H and O–H groups in total. The Balaban J connectivity index is 0.990. The van der Waals surface area contributed by atoms with Gasteiger partial charge in [0, 0.05) is 55.5 Å². The van der Waals surface area contributed by atoms with E-state index in [-0.39, 0.29) is 0 Å². The molecule has 0 aliphatic carbocycles. The zero-order valence-corrected chi connectivity index (χ0v) is 34.7. The van der Waals surface area contributed by atoms with Crippen LogP contribution in [0.5, 0.6) is 0 Å². The van der Waals surface area contributed by atoms with Crippen LogP contribution in [-0.4, -0.2) is 19.1 Å². The van der Waals surface area contributed by atoms with Gasteiger partial charge in [0.2, 0.25) is 0 Å². The Hall–Kier alpha value is -8.60. The van der Waals surface area contributed by atoms with Gasteiger partial charge in [-0.25, -0.2) is 4.98 Å². The van der Waals surface area contributed by atoms with Crippen LogP contribution in [0, 0.1) is 0 Å². The van der Waals surface area contributed by atoms with Gasteiger partial charge in [-0.15, -0.1) is 0 Å². The fraction of sp³-hybridized carbons (Fsp3) is 0. The van der Waals surface area contributed by atoms with Gasteiger partial charge in [0.1, 0.15) is 0 Å². The molecule has 64 heavy (non-hydrogen) atoms. The first kappa shape index (κ1) is 36.1. The van der Waals surface area contributed by atoms with E-state index in [0.29, 0.717) is 0 Å². The summed E-state index contributed by atoms with van der Waals surface area (Å²) in [6.07, 6.45) is 1.90. The van der Waals surface area contributed by atoms with E-state index >= 15 is 0 Å². The quantitative estimate of drug-likeness (QED) is 0.168. The Labute approximate surface area is 369 Å². The molecular weight excluding hydrogens is 777 g/mol. The maximum Gasteiger partial charge on any atom is 0.0716 e. The average Bonchev–Trinajstić information content (AvgIpc) is 3.88. The Morgan fingerprint density at radius 3 is 1.39 bits per heavy atom. The lowest BCUT2D eigenvalue weighted by molar-refractivity contribution is 1.18. The molecule has 0 amide bonds. The molecule has 4 aromatic heterocycles. The van der Waals surface area contributed by atoms with Crippen molar-refractivity contribution in [2.45, 2.75) is 0 Å². The first-order valence-electron chi connectivity index (χ1n) is 21.8. The molecule has 298 valence electrons. The van der Waals surface area contributed by atoms with E-state index in [0.717, 1.165) is 66.7 Å². The number of hydrogen-bond donors (Lipinski definition) is 0. The van der Waals surface area contributed by atoms with Crippen molar-refractivity contribution in [1.29, 1.82) is 0 Å². The third kappa shape index (κ3) is 5.77. The van der Waals surface area contributed by atoms with Crippen LogP contribution in [0.1, 0.15) is 0 Å². The number of pyridine rings is 2. The van der Waals surface area contributed by atoms with E-state index in [4.69, 9.17) is 4.98 Å². The van der Waals surface area contributed by atoms with Gasteiger partial charge in [0.15, 0.2) is 0 Å². The molecule has 0 unspecified atom stereocenters. The summed E-state index contributed by atoms with van der Waals surface area (Å²) in [6, 6.07) is 80.9. The zero-order valence-electron chi connectivity index (χ0n) is 34.7. The number of para-hydroxylation sites is 5. The van der Waals surface area contributed by atoms with Gasteiger partial charge < -0.3 is 9.13 Å². The van der Waals surface area contributed by atoms with Gasteiger partial charge >= 0.3 is 0 Å². The monoisotopic (exact) mass is 814 g/mol. The second-order valence-corrected chi connectivity index (χ2v) is 16.6. The highest BCUT2D eigenvalue weighted by Crippen LogP contribution is 2.40. The third-order valence-corrected chi connectivity index (χ3v) is 13.0. The molecule has 4 nitrogen and oxygen atoms in total. The SMILES string of the molecule is c1ccc(-n2c3ccccc3c3cc(-c4ccc5nc(-c6ccc7c(c6)c6ccccc6n7-c6ccccc6)cc(-c6ccc(-c7ccnc8ccccc78)cc6)c5c4)ccc32)cc1. The molecule has 4 heterocycles. The van der Waals surface area contributed by atoms with E-state index in [1.54, 1.807) is 0 Å². The summed E-state index contributed by atoms with van der Waals surface area (Å²) in [5.74, 6) is 0. The van der Waals surface area contributed by atoms with Crippen LogP contribution in [0.15, 0.2) is 231 Å². The lowest BCUT2D eigenvalue weighted by Gasteiger charge is -2.14. The van der Waals surface area contributed by atoms with Crippen molar-refractivity contribution < 1.29 is 0 Å². The van der Waals surface area contributed by atoms with Gasteiger partial charge in [0.05, 0.1) is 38.8 Å². The lowest BCUT2D eigenvalue weighted by atomic mass is 9.93. The molecule has 13 rings (SSSR count). The Bertz CT molecular complexity index is 3930. The van der Waals surface area contributed by atoms with Crippen LogP contribution >= 0.6 is 0 Å². The molecule has 0 saturated carbocycles. The second-order valence-electron chi connectivity index (χ2n) is 16.6. The van der Waals surface area contributed by atoms with Crippen LogP contribution in [0.4, 0.5) is 0 Å². The second kappa shape index (κ2) is 14.5. The highest BCUT2D eigenvalue weighted by Gasteiger charge is 2.18. The van der Waals surface area contributed by atoms with Gasteiger partial charge in [0.25, 0.3) is 0 Å². The summed E-state index contributed by atoms with van der Waals surface area (Å²) in [5, 5.41) is 7.14. The maximum atomic E-state index is 5.43. The summed E-state index contributed by atoms with van der Waals surface area (Å²) in [4.78, 5) is 10.1. The lowest BCUT2D eigenvalue weighted by Crippen LogP contribution is -1.94. The van der Waals surface area contributed by atoms with Crippen molar-refractivity contribution >= 4 is 65.4 Å². The van der Waals surface area contributed by atoms with E-state index in [9.17, 15) is 0 Å². The van der Waals surface area contributed by atoms with Crippen molar-refractivity contribution in [2.75, 3.05) is 0 Å². The van der Waals surface area contributed by atoms with E-state index in [1.807, 2.05) is 12.3 Å². The molecule has 4 heteroatoms. The van der Waals surface area contributed by atoms with E-state index < -0.39 is 0 Å². The molecule has 0 aliphatic rings. The number of aromatic nitrogens is 4. The molecule has 9 aromatic carbocycles. The molecule has 0 radical (unpaired) electrons. The molecule has 13 aromatic rings. The summed E-state index contributed by atoms with van der Waals surface area (Å²) >= 11 is 0. The molecular formula is C60H38N4. The number of fused-ring (bicyclic) bond motifs is 8. The average molecular weight is 815 g/mol. The molecule has 0 fully saturated rings. The van der Waals surface area contributed by atoms with E-state index in [2.05, 4.69) is 233 Å². The zero-order chi connectivity index (χ0) is 42.1. The van der Waals surface area contributed by atoms with Crippen LogP contribution < -0.4 is 0 Å². The van der Waals surface area contributed by atoms with Crippen LogP contribution in [0.3, 0.4) is 0 Å². The number of benzene rings is 9. The molecule has 0 aliphatic heterocycles. The highest BCUT2D eigenvalue weighted by molar-refractivity contribution is 6.12. The minimum atomic E-state index is 0.938. The van der Waals surface area contributed by atoms with Crippen molar-refractivity contribution in [3.05, 3.63) is 231 Å². The predicted octanol–water partition coefficient (Wildman–Crippen LogP) is 15.6. The Morgan fingerprint density at radius 1 is 0.281 bits per heavy atom. The molecule has 0 spiro atoms. The third-order valence-electron chi connectivity index (χ3n) is 13.0. The van der Waals surface area contributed by atoms with Gasteiger partial charge in [-0.2, -0.15) is 0 Å². The number of rotatable bonds is 6. The summed E-state index contributed by atoms with van der Waals surface area (Å²) in [7, 11) is 0. The first-order valence-corrected chi connectivity index (χ1v) is 21.8. The summed E-state index contributed by atoms with van der Waals surface area (Å²) in [5.41, 5.74) is 17.9. The smallest absolute Gasteiger partial charge is 0.0716 e. The number of hydrogen-bond acceptors (Lipinski definition) is 2. The van der Waals surface area contributed by atoms with Crippen molar-refractivity contribution in [1.82, 2.24) is 19.1 Å². The fourth-order valence-electron chi connectivity index (χ4n) is 9.96. The van der Waals surface area contributed by atoms with E-state index in [1.165, 1.54) is 54.7 Å². The molecule has 0 bridgehead atoms. The summed E-state index contributed by atoms with van der Waals surface area (Å²) in [6.45, 7) is 0. The van der Waals surface area contributed by atoms with Gasteiger partial charge in [-0.1, -0.05) is 133 Å². The maximum absolute atomic E-state index is 5.43. The predicted molar refractivity (Wildman–Crippen MR) is 267 cm³/mol. The standard InChI is InChI=1S/C60H38N4/c1-3-13-44(14-4-1)63-57-21-11-8-18-48(57)52-36-42(28-31-59(52)63)41-27-30-55-51(35-41)50(40-25-23-39(24-26-40)46-33-34-61-54-20-10-7-17-47(46)54)38-56(62-55)43-29-32-60-53(37-43)49-19-9-12-22-58(49)64(60)45-15-5-2-6-16-45/h1-38H. The number of nitrogens with zero attached hydrogens (tertiary/aromatic N) is 4. The van der Waals surface area contributed by atoms with Crippen molar-refractivity contribution in [2.24, 2.45) is 0 Å². The minimum Gasteiger partial charge on any atom is -0.309 e. The normalized spacial score (nSPS) is 11.8. The topological polar surface area (TPSA) is 35.6 Å². The van der Waals surface area contributed by atoms with Crippen LogP contribution in [0.25, 0.3) is 121 Å².